The Morgan fingerprint density at radius 3 is 2.53 bits per heavy atom. The van der Waals surface area contributed by atoms with Gasteiger partial charge in [-0.2, -0.15) is 0 Å². The quantitative estimate of drug-likeness (QED) is 0.537. The molecule has 1 aromatic heterocycles. The van der Waals surface area contributed by atoms with Crippen LogP contribution in [0.2, 0.25) is 0 Å². The van der Waals surface area contributed by atoms with Crippen LogP contribution in [0.1, 0.15) is 49.3 Å². The minimum Gasteiger partial charge on any atom is -0.494 e. The summed E-state index contributed by atoms with van der Waals surface area (Å²) in [6.07, 6.45) is 5.85. The van der Waals surface area contributed by atoms with Crippen molar-refractivity contribution in [3.8, 4) is 5.75 Å². The first-order chi connectivity index (χ1) is 15.7. The molecule has 0 spiro atoms. The summed E-state index contributed by atoms with van der Waals surface area (Å²) in [5.41, 5.74) is 5.93. The molecule has 2 aliphatic rings. The molecule has 32 heavy (non-hydrogen) atoms. The van der Waals surface area contributed by atoms with Crippen molar-refractivity contribution in [3.63, 3.8) is 0 Å². The maximum Gasteiger partial charge on any atom is 0.163 e. The molecule has 3 aromatic rings. The van der Waals surface area contributed by atoms with Gasteiger partial charge in [0, 0.05) is 30.1 Å². The Hall–Kier alpha value is -3.60. The standard InChI is InChI=1S/C27H27N3O2/c1-2-14-32-21-11-9-18(10-12-21)20-15-24-26(25(31)16-20)27(19-6-5-13-28-17-19)30-23-8-4-3-7-22(23)29-24/h3-13,17,20,27,29-30H,2,14-16H2,1H3. The van der Waals surface area contributed by atoms with Crippen LogP contribution in [0.4, 0.5) is 11.4 Å². The third-order valence-electron chi connectivity index (χ3n) is 6.15. The van der Waals surface area contributed by atoms with Gasteiger partial charge in [-0.15, -0.1) is 0 Å². The highest BCUT2D eigenvalue weighted by atomic mass is 16.5. The first kappa shape index (κ1) is 20.3. The second kappa shape index (κ2) is 8.87. The van der Waals surface area contributed by atoms with Crippen LogP contribution in [0.15, 0.2) is 84.3 Å². The zero-order chi connectivity index (χ0) is 21.9. The molecule has 2 atom stereocenters. The Morgan fingerprint density at radius 2 is 1.78 bits per heavy atom. The van der Waals surface area contributed by atoms with E-state index in [1.54, 1.807) is 6.20 Å². The molecule has 162 valence electrons. The molecule has 0 fully saturated rings. The third kappa shape index (κ3) is 3.98. The fraction of sp³-hybridized carbons (Fsp3) is 0.259. The third-order valence-corrected chi connectivity index (χ3v) is 6.15. The minimum absolute atomic E-state index is 0.133. The van der Waals surface area contributed by atoms with Gasteiger partial charge in [0.15, 0.2) is 5.78 Å². The summed E-state index contributed by atoms with van der Waals surface area (Å²) in [6.45, 7) is 2.81. The van der Waals surface area contributed by atoms with Gasteiger partial charge in [0.1, 0.15) is 5.75 Å². The number of nitrogens with zero attached hydrogens (tertiary/aromatic N) is 1. The number of para-hydroxylation sites is 2. The van der Waals surface area contributed by atoms with Crippen LogP contribution < -0.4 is 15.4 Å². The van der Waals surface area contributed by atoms with E-state index in [4.69, 9.17) is 4.74 Å². The fourth-order valence-electron chi connectivity index (χ4n) is 4.58. The normalized spacial score (nSPS) is 19.8. The van der Waals surface area contributed by atoms with E-state index in [0.29, 0.717) is 13.0 Å². The van der Waals surface area contributed by atoms with Crippen molar-refractivity contribution >= 4 is 17.2 Å². The van der Waals surface area contributed by atoms with Gasteiger partial charge in [0.25, 0.3) is 0 Å². The summed E-state index contributed by atoms with van der Waals surface area (Å²) < 4.78 is 5.72. The van der Waals surface area contributed by atoms with E-state index >= 15 is 0 Å². The number of fused-ring (bicyclic) bond motifs is 1. The van der Waals surface area contributed by atoms with Gasteiger partial charge in [-0.05, 0) is 60.2 Å². The Balaban J connectivity index is 1.50. The zero-order valence-electron chi connectivity index (χ0n) is 18.2. The number of ether oxygens (including phenoxy) is 1. The van der Waals surface area contributed by atoms with E-state index < -0.39 is 0 Å². The monoisotopic (exact) mass is 425 g/mol. The fourth-order valence-corrected chi connectivity index (χ4v) is 4.58. The molecule has 0 radical (unpaired) electrons. The number of allylic oxidation sites excluding steroid dienone is 1. The number of benzene rings is 2. The van der Waals surface area contributed by atoms with Gasteiger partial charge < -0.3 is 15.4 Å². The van der Waals surface area contributed by atoms with Crippen molar-refractivity contribution in [2.24, 2.45) is 0 Å². The van der Waals surface area contributed by atoms with Crippen LogP contribution in [-0.2, 0) is 4.79 Å². The predicted octanol–water partition coefficient (Wildman–Crippen LogP) is 5.85. The molecule has 1 aliphatic carbocycles. The summed E-state index contributed by atoms with van der Waals surface area (Å²) in [5, 5.41) is 7.17. The van der Waals surface area contributed by atoms with Gasteiger partial charge in [0.05, 0.1) is 24.0 Å². The number of hydrogen-bond donors (Lipinski definition) is 2. The van der Waals surface area contributed by atoms with E-state index in [2.05, 4.69) is 34.7 Å². The van der Waals surface area contributed by atoms with Crippen LogP contribution in [0.5, 0.6) is 5.75 Å². The van der Waals surface area contributed by atoms with Gasteiger partial charge in [-0.1, -0.05) is 37.3 Å². The van der Waals surface area contributed by atoms with Gasteiger partial charge in [-0.25, -0.2) is 0 Å². The highest BCUT2D eigenvalue weighted by Gasteiger charge is 2.36. The largest absolute Gasteiger partial charge is 0.494 e. The second-order valence-electron chi connectivity index (χ2n) is 8.37. The molecular weight excluding hydrogens is 398 g/mol. The number of carbonyl (C=O) groups excluding carboxylic acids is 1. The molecule has 5 nitrogen and oxygen atoms in total. The minimum atomic E-state index is -0.229. The van der Waals surface area contributed by atoms with Crippen LogP contribution in [0.25, 0.3) is 0 Å². The lowest BCUT2D eigenvalue weighted by Crippen LogP contribution is -2.26. The number of rotatable bonds is 5. The molecular formula is C27H27N3O2. The Morgan fingerprint density at radius 1 is 0.969 bits per heavy atom. The molecule has 2 unspecified atom stereocenters. The Labute approximate surface area is 188 Å². The van der Waals surface area contributed by atoms with Crippen molar-refractivity contribution in [1.29, 1.82) is 0 Å². The van der Waals surface area contributed by atoms with Gasteiger partial charge in [0.2, 0.25) is 0 Å². The lowest BCUT2D eigenvalue weighted by Gasteiger charge is -2.29. The Bertz CT molecular complexity index is 1140. The molecule has 5 rings (SSSR count). The summed E-state index contributed by atoms with van der Waals surface area (Å²) in [6, 6.07) is 20.0. The number of Topliss-reactive ketones (excluding diaryl/α,β-unsaturated/α-hetero) is 1. The summed E-state index contributed by atoms with van der Waals surface area (Å²) in [5.74, 6) is 1.18. The summed E-state index contributed by atoms with van der Waals surface area (Å²) in [4.78, 5) is 17.8. The molecule has 5 heteroatoms. The van der Waals surface area contributed by atoms with Crippen LogP contribution >= 0.6 is 0 Å². The van der Waals surface area contributed by atoms with E-state index in [9.17, 15) is 4.79 Å². The molecule has 2 heterocycles. The second-order valence-corrected chi connectivity index (χ2v) is 8.37. The van der Waals surface area contributed by atoms with E-state index in [1.807, 2.05) is 54.7 Å². The first-order valence-electron chi connectivity index (χ1n) is 11.2. The van der Waals surface area contributed by atoms with Crippen LogP contribution in [-0.4, -0.2) is 17.4 Å². The lowest BCUT2D eigenvalue weighted by atomic mass is 9.78. The van der Waals surface area contributed by atoms with Crippen molar-refractivity contribution in [1.82, 2.24) is 4.98 Å². The smallest absolute Gasteiger partial charge is 0.163 e. The molecule has 0 amide bonds. The molecule has 2 N–H and O–H groups in total. The number of hydrogen-bond acceptors (Lipinski definition) is 5. The number of anilines is 2. The van der Waals surface area contributed by atoms with Crippen molar-refractivity contribution < 1.29 is 9.53 Å². The Kier molecular flexibility index (Phi) is 5.63. The molecule has 1 aliphatic heterocycles. The highest BCUT2D eigenvalue weighted by molar-refractivity contribution is 6.01. The lowest BCUT2D eigenvalue weighted by molar-refractivity contribution is -0.116. The summed E-state index contributed by atoms with van der Waals surface area (Å²) >= 11 is 0. The maximum atomic E-state index is 13.5. The topological polar surface area (TPSA) is 63.2 Å². The maximum absolute atomic E-state index is 13.5. The van der Waals surface area contributed by atoms with E-state index in [-0.39, 0.29) is 17.7 Å². The average Bonchev–Trinajstić information content (AvgIpc) is 3.00. The van der Waals surface area contributed by atoms with Gasteiger partial charge in [-0.3, -0.25) is 9.78 Å². The molecule has 2 aromatic carbocycles. The average molecular weight is 426 g/mol. The number of carbonyl (C=O) groups is 1. The van der Waals surface area contributed by atoms with Crippen LogP contribution in [0, 0.1) is 0 Å². The van der Waals surface area contributed by atoms with Crippen molar-refractivity contribution in [2.45, 2.75) is 38.1 Å². The molecule has 0 saturated heterocycles. The van der Waals surface area contributed by atoms with Crippen LogP contribution in [0.3, 0.4) is 0 Å². The first-order valence-corrected chi connectivity index (χ1v) is 11.2. The number of aromatic nitrogens is 1. The predicted molar refractivity (Wildman–Crippen MR) is 127 cm³/mol. The number of pyridine rings is 1. The zero-order valence-corrected chi connectivity index (χ0v) is 18.2. The number of ketones is 1. The molecule has 0 saturated carbocycles. The SMILES string of the molecule is CCCOc1ccc(C2CC(=O)C3=C(C2)Nc2ccccc2NC3c2cccnc2)cc1. The molecule has 0 bridgehead atoms. The van der Waals surface area contributed by atoms with Crippen molar-refractivity contribution in [3.05, 3.63) is 95.5 Å². The highest BCUT2D eigenvalue weighted by Crippen LogP contribution is 2.44. The van der Waals surface area contributed by atoms with E-state index in [0.717, 1.165) is 46.8 Å². The van der Waals surface area contributed by atoms with E-state index in [1.165, 1.54) is 5.56 Å². The van der Waals surface area contributed by atoms with Crippen molar-refractivity contribution in [2.75, 3.05) is 17.2 Å². The number of nitrogens with one attached hydrogen (secondary N) is 2. The summed E-state index contributed by atoms with van der Waals surface area (Å²) in [7, 11) is 0. The van der Waals surface area contributed by atoms with Gasteiger partial charge >= 0.3 is 0 Å².